The van der Waals surface area contributed by atoms with E-state index in [0.29, 0.717) is 21.2 Å². The molecule has 17 nitrogen and oxygen atoms in total. The van der Waals surface area contributed by atoms with Gasteiger partial charge in [0.1, 0.15) is 29.5 Å². The molecule has 4 heterocycles. The number of benzene rings is 2. The number of carbonyl (C=O) groups is 6. The Hall–Kier alpha value is -5.29. The maximum Gasteiger partial charge on any atom is 1.00 e. The van der Waals surface area contributed by atoms with E-state index in [-0.39, 0.29) is 73.5 Å². The molecule has 304 valence electrons. The van der Waals surface area contributed by atoms with Gasteiger partial charge < -0.3 is 42.2 Å². The summed E-state index contributed by atoms with van der Waals surface area (Å²) in [5.74, 6) is -4.60. The molecule has 2 aliphatic heterocycles. The normalized spacial score (nSPS) is 15.7. The summed E-state index contributed by atoms with van der Waals surface area (Å²) in [6, 6.07) is 18.8. The fourth-order valence-corrected chi connectivity index (χ4v) is 8.56. The van der Waals surface area contributed by atoms with Crippen LogP contribution < -0.4 is 67.4 Å². The number of hydrogen-bond acceptors (Lipinski definition) is 12. The molecule has 0 spiro atoms. The van der Waals surface area contributed by atoms with Gasteiger partial charge in [0, 0.05) is 17.9 Å². The molecule has 0 saturated heterocycles. The van der Waals surface area contributed by atoms with Crippen molar-refractivity contribution in [3.8, 4) is 0 Å². The van der Waals surface area contributed by atoms with Crippen molar-refractivity contribution < 1.29 is 52.7 Å². The van der Waals surface area contributed by atoms with Crippen molar-refractivity contribution in [3.63, 3.8) is 0 Å². The smallest absolute Gasteiger partial charge is 0.548 e. The fraction of sp³-hybridized carbons (Fsp3) is 0.263. The Balaban J connectivity index is 0.00000384. The van der Waals surface area contributed by atoms with Crippen LogP contribution in [0.25, 0.3) is 0 Å². The Morgan fingerprint density at radius 1 is 0.678 bits per heavy atom. The van der Waals surface area contributed by atoms with Gasteiger partial charge in [-0.25, -0.2) is 0 Å². The van der Waals surface area contributed by atoms with Crippen LogP contribution in [0.2, 0.25) is 0 Å². The molecule has 0 unspecified atom stereocenters. The second-order valence-corrected chi connectivity index (χ2v) is 15.1. The minimum absolute atomic E-state index is 0. The number of carbonyl (C=O) groups excluding carboxylic acids is 6. The predicted octanol–water partition coefficient (Wildman–Crippen LogP) is -3.41. The summed E-state index contributed by atoms with van der Waals surface area (Å²) >= 11 is 2.47. The van der Waals surface area contributed by atoms with E-state index in [4.69, 9.17) is 5.73 Å². The monoisotopic (exact) mass is 856 g/mol. The number of hydrogen-bond donors (Lipinski definition) is 6. The summed E-state index contributed by atoms with van der Waals surface area (Å²) in [6.07, 6.45) is 0.00487. The van der Waals surface area contributed by atoms with E-state index in [1.807, 2.05) is 0 Å². The molecular weight excluding hydrogens is 819 g/mol. The molecule has 0 fully saturated rings. The molecule has 0 saturated carbocycles. The average molecular weight is 857 g/mol. The number of aliphatic carboxylic acids is 1. The zero-order chi connectivity index (χ0) is 40.6. The van der Waals surface area contributed by atoms with Crippen molar-refractivity contribution in [1.29, 1.82) is 0 Å². The second-order valence-electron chi connectivity index (χ2n) is 13.0. The van der Waals surface area contributed by atoms with Crippen LogP contribution in [0.3, 0.4) is 0 Å². The Kier molecular flexibility index (Phi) is 16.6. The number of nitrogens with two attached hydrogens (primary N) is 1. The van der Waals surface area contributed by atoms with Gasteiger partial charge in [-0.3, -0.25) is 42.7 Å². The molecule has 2 aromatic heterocycles. The molecule has 0 radical (unpaired) electrons. The van der Waals surface area contributed by atoms with Gasteiger partial charge in [-0.15, -0.1) is 35.9 Å². The molecule has 4 atom stereocenters. The number of carboxylic acids is 1. The number of thioether (sulfide) groups is 2. The van der Waals surface area contributed by atoms with E-state index >= 15 is 0 Å². The number of nitrogens with one attached hydrogen (secondary N) is 5. The van der Waals surface area contributed by atoms with Gasteiger partial charge in [-0.2, -0.15) is 0 Å². The van der Waals surface area contributed by atoms with Crippen molar-refractivity contribution in [2.45, 2.75) is 47.1 Å². The summed E-state index contributed by atoms with van der Waals surface area (Å²) < 4.78 is 2.42. The molecule has 4 aromatic rings. The minimum Gasteiger partial charge on any atom is -0.548 e. The summed E-state index contributed by atoms with van der Waals surface area (Å²) in [6.45, 7) is -0.945. The molecule has 21 heteroatoms. The van der Waals surface area contributed by atoms with Gasteiger partial charge in [0.05, 0.1) is 35.2 Å². The third kappa shape index (κ3) is 11.3. The third-order valence-electron chi connectivity index (χ3n) is 9.12. The van der Waals surface area contributed by atoms with Crippen molar-refractivity contribution in [3.05, 3.63) is 117 Å². The third-order valence-corrected chi connectivity index (χ3v) is 11.3. The number of pyridine rings is 2. The van der Waals surface area contributed by atoms with Gasteiger partial charge in [-0.1, -0.05) is 60.7 Å². The van der Waals surface area contributed by atoms with Crippen LogP contribution in [-0.4, -0.2) is 81.3 Å². The van der Waals surface area contributed by atoms with Crippen LogP contribution in [0.4, 0.5) is 11.4 Å². The van der Waals surface area contributed by atoms with Crippen LogP contribution in [-0.2, 0) is 41.6 Å². The topological polar surface area (TPSA) is 256 Å². The van der Waals surface area contributed by atoms with E-state index in [1.165, 1.54) is 44.8 Å². The Morgan fingerprint density at radius 3 is 1.58 bits per heavy atom. The Labute approximate surface area is 363 Å². The molecule has 59 heavy (non-hydrogen) atoms. The number of rotatable bonds is 15. The van der Waals surface area contributed by atoms with Crippen LogP contribution in [0.5, 0.6) is 0 Å². The number of amides is 5. The maximum absolute atomic E-state index is 13.7. The zero-order valence-electron chi connectivity index (χ0n) is 31.5. The average Bonchev–Trinajstić information content (AvgIpc) is 3.85. The van der Waals surface area contributed by atoms with Crippen molar-refractivity contribution in [1.82, 2.24) is 25.1 Å². The summed E-state index contributed by atoms with van der Waals surface area (Å²) in [5, 5.41) is 25.4. The van der Waals surface area contributed by atoms with Crippen LogP contribution in [0.15, 0.2) is 105 Å². The predicted molar refractivity (Wildman–Crippen MR) is 217 cm³/mol. The van der Waals surface area contributed by atoms with Gasteiger partial charge in [0.25, 0.3) is 11.1 Å². The fourth-order valence-electron chi connectivity index (χ4n) is 6.28. The minimum atomic E-state index is -1.48. The van der Waals surface area contributed by atoms with Gasteiger partial charge in [0.2, 0.25) is 29.5 Å². The van der Waals surface area contributed by atoms with E-state index in [0.717, 1.165) is 0 Å². The number of carboxylic acid groups (broad SMARTS) is 1. The van der Waals surface area contributed by atoms with Crippen LogP contribution in [0, 0.1) is 0 Å². The van der Waals surface area contributed by atoms with Crippen molar-refractivity contribution in [2.75, 3.05) is 35.2 Å². The largest absolute Gasteiger partial charge is 1.00 e. The molecule has 0 aliphatic carbocycles. The maximum atomic E-state index is 13.7. The number of nitrogens with zero attached hydrogens (tertiary/aromatic N) is 2. The number of aromatic nitrogens is 2. The van der Waals surface area contributed by atoms with Gasteiger partial charge >= 0.3 is 18.9 Å². The van der Waals surface area contributed by atoms with Crippen LogP contribution in [0.1, 0.15) is 23.2 Å². The number of fused-ring (bicyclic) bond motifs is 2. The molecule has 5 amide bonds. The molecule has 7 N–H and O–H groups in total. The van der Waals surface area contributed by atoms with Gasteiger partial charge in [0.15, 0.2) is 0 Å². The molecule has 0 bridgehead atoms. The van der Waals surface area contributed by atoms with Crippen LogP contribution >= 0.6 is 35.9 Å². The molecular formula is C38H38ClLiN8O9S2. The Bertz CT molecular complexity index is 2340. The number of halogens is 1. The first-order valence-electron chi connectivity index (χ1n) is 17.7. The first-order chi connectivity index (χ1) is 27.4. The number of anilines is 2. The van der Waals surface area contributed by atoms with E-state index in [9.17, 15) is 43.5 Å². The summed E-state index contributed by atoms with van der Waals surface area (Å²) in [7, 11) is 0. The van der Waals surface area contributed by atoms with Crippen molar-refractivity contribution in [2.24, 2.45) is 5.73 Å². The van der Waals surface area contributed by atoms with E-state index in [1.54, 1.807) is 72.8 Å². The second kappa shape index (κ2) is 21.1. The quantitative estimate of drug-likeness (QED) is 0.0640. The van der Waals surface area contributed by atoms with E-state index in [2.05, 4.69) is 26.6 Å². The molecule has 2 aliphatic rings. The Morgan fingerprint density at radius 2 is 1.12 bits per heavy atom. The standard InChI is InChI=1S/C38H38N8O9S2.ClH.Li/c39-17-29(47)41-23-11-13-31-45(36(23)52)27(19-56-31)34(50)43-25(15-21-7-3-1-4-8-21)33(49)40-18-30(48)42-24-12-14-32-46(37(24)53)28(20-57-32)35(51)44-26(38(54)55)16-22-9-5-2-6-10-22;;/h1-14,25-28H,15-20,39H2,(H,40,49)(H,41,47)(H,42,48)(H,43,50)(H,44,51)(H,54,55);1H;/q;;+1/p-1/t25-,26-,27-,28-;;/m0../s1. The summed E-state index contributed by atoms with van der Waals surface area (Å²) in [5.41, 5.74) is 5.17. The molecule has 2 aromatic carbocycles. The first kappa shape index (κ1) is 46.4. The zero-order valence-corrected chi connectivity index (χ0v) is 34.0. The van der Waals surface area contributed by atoms with E-state index < -0.39 is 77.3 Å². The van der Waals surface area contributed by atoms with Gasteiger partial charge in [-0.05, 0) is 41.8 Å². The SMILES string of the molecule is Cl.NCC(=O)Nc1ccc2n(c1=O)[C@H](C(=O)N[C@@H](Cc1ccccc1)C(=O)NCC(=O)Nc1ccc3n(c1=O)[C@H](C(=O)N[C@@H](Cc1ccccc1)C(=O)[O-])CS3)CS2.[Li+]. The summed E-state index contributed by atoms with van der Waals surface area (Å²) in [4.78, 5) is 104. The molecule has 6 rings (SSSR count). The first-order valence-corrected chi connectivity index (χ1v) is 19.6. The van der Waals surface area contributed by atoms with Crippen molar-refractivity contribution >= 4 is 82.8 Å².